The number of nitriles is 1. The molecule has 3 heteroatoms. The summed E-state index contributed by atoms with van der Waals surface area (Å²) in [6, 6.07) is 7.79. The molecule has 0 N–H and O–H groups in total. The number of hydrogen-bond acceptors (Lipinski definition) is 3. The number of thioether (sulfide) groups is 1. The van der Waals surface area contributed by atoms with Crippen LogP contribution >= 0.6 is 11.8 Å². The summed E-state index contributed by atoms with van der Waals surface area (Å²) in [5.74, 6) is 0.791. The van der Waals surface area contributed by atoms with E-state index in [9.17, 15) is 0 Å². The average Bonchev–Trinajstić information content (AvgIpc) is 2.17. The summed E-state index contributed by atoms with van der Waals surface area (Å²) >= 11 is 1.70. The lowest BCUT2D eigenvalue weighted by Gasteiger charge is -2.08. The minimum absolute atomic E-state index is 0.697. The largest absolute Gasteiger partial charge is 0.281 e. The Labute approximate surface area is 74.9 Å². The van der Waals surface area contributed by atoms with E-state index in [2.05, 4.69) is 11.1 Å². The fraction of sp³-hybridized carbons (Fsp3) is 0.111. The maximum atomic E-state index is 8.64. The van der Waals surface area contributed by atoms with E-state index in [1.807, 2.05) is 24.4 Å². The Bertz CT molecular complexity index is 377. The maximum Gasteiger partial charge on any atom is 0.0991 e. The van der Waals surface area contributed by atoms with Crippen molar-refractivity contribution < 1.29 is 0 Å². The van der Waals surface area contributed by atoms with Gasteiger partial charge in [-0.2, -0.15) is 5.26 Å². The summed E-state index contributed by atoms with van der Waals surface area (Å²) in [5.41, 5.74) is 1.76. The first kappa shape index (κ1) is 7.38. The Balaban J connectivity index is 2.53. The molecule has 0 aromatic heterocycles. The maximum absolute atomic E-state index is 8.64. The highest BCUT2D eigenvalue weighted by Gasteiger charge is 2.05. The molecule has 0 aliphatic carbocycles. The van der Waals surface area contributed by atoms with Crippen LogP contribution in [0.2, 0.25) is 0 Å². The minimum Gasteiger partial charge on any atom is -0.281 e. The Kier molecular flexibility index (Phi) is 1.84. The van der Waals surface area contributed by atoms with Gasteiger partial charge in [0.25, 0.3) is 0 Å². The molecule has 0 bridgehead atoms. The molecule has 0 saturated heterocycles. The van der Waals surface area contributed by atoms with E-state index < -0.39 is 0 Å². The van der Waals surface area contributed by atoms with E-state index in [1.54, 1.807) is 11.8 Å². The molecule has 2 nitrogen and oxygen atoms in total. The summed E-state index contributed by atoms with van der Waals surface area (Å²) in [7, 11) is 0. The van der Waals surface area contributed by atoms with Crippen molar-refractivity contribution in [1.82, 2.24) is 0 Å². The lowest BCUT2D eigenvalue weighted by atomic mass is 10.1. The summed E-state index contributed by atoms with van der Waals surface area (Å²) in [4.78, 5) is 5.33. The Morgan fingerprint density at radius 1 is 1.50 bits per heavy atom. The van der Waals surface area contributed by atoms with Crippen molar-refractivity contribution in [2.75, 3.05) is 5.88 Å². The predicted molar refractivity (Wildman–Crippen MR) is 49.5 cm³/mol. The molecular weight excluding hydrogens is 168 g/mol. The lowest BCUT2D eigenvalue weighted by molar-refractivity contribution is 1.30. The van der Waals surface area contributed by atoms with Crippen LogP contribution in [0.15, 0.2) is 28.1 Å². The van der Waals surface area contributed by atoms with Gasteiger partial charge >= 0.3 is 0 Å². The van der Waals surface area contributed by atoms with Crippen molar-refractivity contribution in [3.8, 4) is 6.07 Å². The van der Waals surface area contributed by atoms with Crippen LogP contribution in [0.25, 0.3) is 0 Å². The van der Waals surface area contributed by atoms with Gasteiger partial charge in [0.2, 0.25) is 0 Å². The first-order valence-electron chi connectivity index (χ1n) is 3.57. The molecule has 1 aliphatic heterocycles. The van der Waals surface area contributed by atoms with Crippen LogP contribution < -0.4 is 0 Å². The molecule has 0 amide bonds. The second-order valence-electron chi connectivity index (χ2n) is 2.45. The molecule has 0 fully saturated rings. The fourth-order valence-electron chi connectivity index (χ4n) is 1.09. The highest BCUT2D eigenvalue weighted by atomic mass is 32.2. The number of benzene rings is 1. The van der Waals surface area contributed by atoms with Crippen molar-refractivity contribution in [3.05, 3.63) is 29.3 Å². The standard InChI is InChI=1S/C9H6N2S/c10-4-7-1-2-9-8(3-7)5-11-6-12-9/h1-3,5H,6H2. The van der Waals surface area contributed by atoms with Gasteiger partial charge in [0, 0.05) is 16.7 Å². The minimum atomic E-state index is 0.697. The number of aliphatic imine (C=N–C) groups is 1. The number of rotatable bonds is 0. The predicted octanol–water partition coefficient (Wildman–Crippen LogP) is 2.04. The van der Waals surface area contributed by atoms with E-state index >= 15 is 0 Å². The number of fused-ring (bicyclic) bond motifs is 1. The summed E-state index contributed by atoms with van der Waals surface area (Å²) in [6.07, 6.45) is 1.83. The normalized spacial score (nSPS) is 13.6. The molecule has 12 heavy (non-hydrogen) atoms. The zero-order valence-electron chi connectivity index (χ0n) is 6.32. The molecule has 2 rings (SSSR count). The summed E-state index contributed by atoms with van der Waals surface area (Å²) < 4.78 is 0. The third-order valence-corrected chi connectivity index (χ3v) is 2.62. The zero-order valence-corrected chi connectivity index (χ0v) is 7.14. The highest BCUT2D eigenvalue weighted by molar-refractivity contribution is 7.99. The third-order valence-electron chi connectivity index (χ3n) is 1.66. The molecule has 0 unspecified atom stereocenters. The molecule has 0 radical (unpaired) electrons. The Morgan fingerprint density at radius 2 is 2.42 bits per heavy atom. The van der Waals surface area contributed by atoms with Crippen LogP contribution in [0.5, 0.6) is 0 Å². The second-order valence-corrected chi connectivity index (χ2v) is 3.44. The lowest BCUT2D eigenvalue weighted by Crippen LogP contribution is -1.93. The van der Waals surface area contributed by atoms with Gasteiger partial charge in [-0.15, -0.1) is 11.8 Å². The molecule has 1 aliphatic rings. The fourth-order valence-corrected chi connectivity index (χ4v) is 1.82. The van der Waals surface area contributed by atoms with E-state index in [-0.39, 0.29) is 0 Å². The van der Waals surface area contributed by atoms with Crippen LogP contribution in [-0.2, 0) is 0 Å². The SMILES string of the molecule is N#Cc1ccc2c(c1)C=NCS2. The van der Waals surface area contributed by atoms with Gasteiger partial charge in [0.15, 0.2) is 0 Å². The van der Waals surface area contributed by atoms with Gasteiger partial charge in [-0.05, 0) is 18.2 Å². The first-order chi connectivity index (χ1) is 5.90. The van der Waals surface area contributed by atoms with Gasteiger partial charge in [-0.1, -0.05) is 0 Å². The number of nitrogens with zero attached hydrogens (tertiary/aromatic N) is 2. The molecule has 58 valence electrons. The van der Waals surface area contributed by atoms with Crippen molar-refractivity contribution in [1.29, 1.82) is 5.26 Å². The molecule has 1 aromatic carbocycles. The first-order valence-corrected chi connectivity index (χ1v) is 4.55. The zero-order chi connectivity index (χ0) is 8.39. The quantitative estimate of drug-likeness (QED) is 0.603. The smallest absolute Gasteiger partial charge is 0.0991 e. The summed E-state index contributed by atoms with van der Waals surface area (Å²) in [5, 5.41) is 8.64. The van der Waals surface area contributed by atoms with E-state index in [4.69, 9.17) is 5.26 Å². The van der Waals surface area contributed by atoms with Crippen LogP contribution in [0.4, 0.5) is 0 Å². The Morgan fingerprint density at radius 3 is 3.25 bits per heavy atom. The van der Waals surface area contributed by atoms with Gasteiger partial charge in [-0.3, -0.25) is 4.99 Å². The van der Waals surface area contributed by atoms with E-state index in [1.165, 1.54) is 4.90 Å². The molecule has 1 heterocycles. The van der Waals surface area contributed by atoms with Gasteiger partial charge < -0.3 is 0 Å². The van der Waals surface area contributed by atoms with E-state index in [0.717, 1.165) is 11.4 Å². The molecule has 0 atom stereocenters. The van der Waals surface area contributed by atoms with E-state index in [0.29, 0.717) is 5.56 Å². The molecular formula is C9H6N2S. The Hall–Kier alpha value is -1.27. The molecule has 1 aromatic rings. The number of hydrogen-bond donors (Lipinski definition) is 0. The highest BCUT2D eigenvalue weighted by Crippen LogP contribution is 2.25. The van der Waals surface area contributed by atoms with Crippen LogP contribution in [-0.4, -0.2) is 12.1 Å². The van der Waals surface area contributed by atoms with Crippen LogP contribution in [0.1, 0.15) is 11.1 Å². The average molecular weight is 174 g/mol. The molecule has 0 saturated carbocycles. The van der Waals surface area contributed by atoms with Crippen LogP contribution in [0, 0.1) is 11.3 Å². The van der Waals surface area contributed by atoms with Crippen molar-refractivity contribution in [3.63, 3.8) is 0 Å². The summed E-state index contributed by atoms with van der Waals surface area (Å²) in [6.45, 7) is 0. The topological polar surface area (TPSA) is 36.1 Å². The van der Waals surface area contributed by atoms with Gasteiger partial charge in [-0.25, -0.2) is 0 Å². The molecule has 0 spiro atoms. The van der Waals surface area contributed by atoms with Gasteiger partial charge in [0.1, 0.15) is 0 Å². The van der Waals surface area contributed by atoms with Crippen molar-refractivity contribution in [2.45, 2.75) is 4.90 Å². The third kappa shape index (κ3) is 1.21. The van der Waals surface area contributed by atoms with Crippen LogP contribution in [0.3, 0.4) is 0 Å². The second kappa shape index (κ2) is 3.00. The monoisotopic (exact) mass is 174 g/mol. The van der Waals surface area contributed by atoms with Crippen molar-refractivity contribution in [2.24, 2.45) is 4.99 Å². The van der Waals surface area contributed by atoms with Gasteiger partial charge in [0.05, 0.1) is 17.5 Å². The van der Waals surface area contributed by atoms with Crippen molar-refractivity contribution >= 4 is 18.0 Å².